The Bertz CT molecular complexity index is 666. The summed E-state index contributed by atoms with van der Waals surface area (Å²) in [6.07, 6.45) is 3.38. The van der Waals surface area contributed by atoms with Crippen LogP contribution in [0.2, 0.25) is 0 Å². The van der Waals surface area contributed by atoms with Gasteiger partial charge in [-0.05, 0) is 29.5 Å². The summed E-state index contributed by atoms with van der Waals surface area (Å²) in [5, 5.41) is 3.16. The van der Waals surface area contributed by atoms with Crippen LogP contribution in [0.3, 0.4) is 0 Å². The summed E-state index contributed by atoms with van der Waals surface area (Å²) in [6, 6.07) is 19.0. The highest BCUT2D eigenvalue weighted by atomic mass is 16.2. The maximum atomic E-state index is 12.1. The van der Waals surface area contributed by atoms with E-state index in [1.807, 2.05) is 6.07 Å². The van der Waals surface area contributed by atoms with Crippen LogP contribution in [0, 0.1) is 0 Å². The molecule has 1 amide bonds. The number of hydrogen-bond donors (Lipinski definition) is 1. The number of nitrogens with zero attached hydrogens (tertiary/aromatic N) is 1. The summed E-state index contributed by atoms with van der Waals surface area (Å²) in [4.78, 5) is 14.5. The van der Waals surface area contributed by atoms with Gasteiger partial charge in [-0.3, -0.25) is 9.69 Å². The largest absolute Gasteiger partial charge is 0.335 e. The Morgan fingerprint density at radius 2 is 1.64 bits per heavy atom. The van der Waals surface area contributed by atoms with Gasteiger partial charge in [0.1, 0.15) is 6.17 Å². The van der Waals surface area contributed by atoms with Crippen LogP contribution in [0.15, 0.2) is 54.6 Å². The zero-order chi connectivity index (χ0) is 14.9. The molecule has 112 valence electrons. The summed E-state index contributed by atoms with van der Waals surface area (Å²) >= 11 is 0. The van der Waals surface area contributed by atoms with Crippen molar-refractivity contribution in [3.05, 3.63) is 60.2 Å². The lowest BCUT2D eigenvalue weighted by Gasteiger charge is -2.31. The van der Waals surface area contributed by atoms with Crippen LogP contribution in [0.5, 0.6) is 0 Å². The number of rotatable bonds is 2. The molecular weight excluding hydrogens is 272 g/mol. The molecule has 2 aromatic rings. The van der Waals surface area contributed by atoms with Gasteiger partial charge in [-0.2, -0.15) is 0 Å². The first kappa shape index (κ1) is 13.5. The Morgan fingerprint density at radius 1 is 0.909 bits per heavy atom. The van der Waals surface area contributed by atoms with Gasteiger partial charge in [-0.15, -0.1) is 0 Å². The van der Waals surface area contributed by atoms with Gasteiger partial charge in [0.2, 0.25) is 5.91 Å². The van der Waals surface area contributed by atoms with E-state index >= 15 is 0 Å². The maximum absolute atomic E-state index is 12.1. The van der Waals surface area contributed by atoms with E-state index in [1.165, 1.54) is 23.1 Å². The molecular formula is C19H20N2O. The van der Waals surface area contributed by atoms with Crippen LogP contribution in [0.1, 0.15) is 31.0 Å². The third-order valence-electron chi connectivity index (χ3n) is 4.79. The first-order chi connectivity index (χ1) is 10.8. The third kappa shape index (κ3) is 2.32. The quantitative estimate of drug-likeness (QED) is 0.920. The van der Waals surface area contributed by atoms with Crippen molar-refractivity contribution in [3.8, 4) is 11.1 Å². The second-order valence-corrected chi connectivity index (χ2v) is 6.15. The smallest absolute Gasteiger partial charge is 0.238 e. The summed E-state index contributed by atoms with van der Waals surface area (Å²) in [5.41, 5.74) is 3.61. The Morgan fingerprint density at radius 3 is 2.41 bits per heavy atom. The molecule has 22 heavy (non-hydrogen) atoms. The lowest BCUT2D eigenvalue weighted by atomic mass is 10.0. The van der Waals surface area contributed by atoms with E-state index in [1.54, 1.807) is 0 Å². The molecule has 0 radical (unpaired) electrons. The van der Waals surface area contributed by atoms with Crippen LogP contribution in [-0.4, -0.2) is 23.4 Å². The van der Waals surface area contributed by atoms with Gasteiger partial charge in [0, 0.05) is 6.54 Å². The molecule has 0 spiro atoms. The average Bonchev–Trinajstić information content (AvgIpc) is 2.93. The predicted octanol–water partition coefficient (Wildman–Crippen LogP) is 3.34. The highest BCUT2D eigenvalue weighted by Gasteiger charge is 2.41. The van der Waals surface area contributed by atoms with E-state index in [0.29, 0.717) is 0 Å². The van der Waals surface area contributed by atoms with Gasteiger partial charge in [0.15, 0.2) is 0 Å². The molecule has 2 heterocycles. The second-order valence-electron chi connectivity index (χ2n) is 6.15. The van der Waals surface area contributed by atoms with Crippen LogP contribution in [-0.2, 0) is 4.79 Å². The number of nitrogens with one attached hydrogen (secondary N) is 1. The molecule has 2 aromatic carbocycles. The third-order valence-corrected chi connectivity index (χ3v) is 4.79. The molecule has 3 heteroatoms. The van der Waals surface area contributed by atoms with Crippen molar-refractivity contribution in [2.24, 2.45) is 0 Å². The number of benzene rings is 2. The second kappa shape index (κ2) is 5.58. The molecule has 1 N–H and O–H groups in total. The topological polar surface area (TPSA) is 32.3 Å². The first-order valence-electron chi connectivity index (χ1n) is 8.04. The van der Waals surface area contributed by atoms with Crippen LogP contribution < -0.4 is 5.32 Å². The number of carbonyl (C=O) groups is 1. The van der Waals surface area contributed by atoms with Gasteiger partial charge < -0.3 is 5.32 Å². The van der Waals surface area contributed by atoms with Gasteiger partial charge in [0.05, 0.1) is 6.04 Å². The van der Waals surface area contributed by atoms with E-state index in [-0.39, 0.29) is 18.1 Å². The SMILES string of the molecule is O=C1N[C@@H](c2ccc(-c3ccccc3)cc2)N2CCCC[C@@H]12. The molecule has 2 aliphatic heterocycles. The van der Waals surface area contributed by atoms with E-state index in [4.69, 9.17) is 0 Å². The zero-order valence-corrected chi connectivity index (χ0v) is 12.5. The zero-order valence-electron chi connectivity index (χ0n) is 12.5. The predicted molar refractivity (Wildman–Crippen MR) is 87.1 cm³/mol. The standard InChI is InChI=1S/C19H20N2O/c22-19-17-8-4-5-13-21(17)18(20-19)16-11-9-15(10-12-16)14-6-2-1-3-7-14/h1-3,6-7,9-12,17-18H,4-5,8,13H2,(H,20,22)/t17-,18+/m0/s1. The monoisotopic (exact) mass is 292 g/mol. The average molecular weight is 292 g/mol. The molecule has 0 aromatic heterocycles. The van der Waals surface area contributed by atoms with Gasteiger partial charge in [-0.1, -0.05) is 61.0 Å². The molecule has 0 aliphatic carbocycles. The van der Waals surface area contributed by atoms with Crippen molar-refractivity contribution in [2.75, 3.05) is 6.54 Å². The van der Waals surface area contributed by atoms with Crippen molar-refractivity contribution in [2.45, 2.75) is 31.5 Å². The Hall–Kier alpha value is -2.13. The van der Waals surface area contributed by atoms with Crippen molar-refractivity contribution in [3.63, 3.8) is 0 Å². The molecule has 2 aliphatic rings. The summed E-state index contributed by atoms with van der Waals surface area (Å²) < 4.78 is 0. The fraction of sp³-hybridized carbons (Fsp3) is 0.316. The fourth-order valence-corrected chi connectivity index (χ4v) is 3.62. The molecule has 0 unspecified atom stereocenters. The molecule has 3 nitrogen and oxygen atoms in total. The van der Waals surface area contributed by atoms with Gasteiger partial charge in [-0.25, -0.2) is 0 Å². The number of fused-ring (bicyclic) bond motifs is 1. The van der Waals surface area contributed by atoms with E-state index < -0.39 is 0 Å². The highest BCUT2D eigenvalue weighted by molar-refractivity contribution is 5.84. The number of hydrogen-bond acceptors (Lipinski definition) is 2. The molecule has 0 bridgehead atoms. The molecule has 0 saturated carbocycles. The lowest BCUT2D eigenvalue weighted by Crippen LogP contribution is -2.38. The van der Waals surface area contributed by atoms with Crippen LogP contribution in [0.25, 0.3) is 11.1 Å². The van der Waals surface area contributed by atoms with Crippen molar-refractivity contribution < 1.29 is 4.79 Å². The highest BCUT2D eigenvalue weighted by Crippen LogP contribution is 2.32. The van der Waals surface area contributed by atoms with E-state index in [9.17, 15) is 4.79 Å². The Labute approximate surface area is 131 Å². The minimum atomic E-state index is 0.0441. The summed E-state index contributed by atoms with van der Waals surface area (Å²) in [7, 11) is 0. The summed E-state index contributed by atoms with van der Waals surface area (Å²) in [5.74, 6) is 0.192. The molecule has 4 rings (SSSR count). The molecule has 2 atom stereocenters. The number of amides is 1. The van der Waals surface area contributed by atoms with Gasteiger partial charge in [0.25, 0.3) is 0 Å². The summed E-state index contributed by atoms with van der Waals surface area (Å²) in [6.45, 7) is 1.01. The lowest BCUT2D eigenvalue weighted by molar-refractivity contribution is -0.122. The Balaban J connectivity index is 1.60. The van der Waals surface area contributed by atoms with Crippen molar-refractivity contribution in [1.82, 2.24) is 10.2 Å². The van der Waals surface area contributed by atoms with Crippen LogP contribution in [0.4, 0.5) is 0 Å². The van der Waals surface area contributed by atoms with Gasteiger partial charge >= 0.3 is 0 Å². The van der Waals surface area contributed by atoms with Crippen molar-refractivity contribution in [1.29, 1.82) is 0 Å². The van der Waals surface area contributed by atoms with E-state index in [0.717, 1.165) is 19.4 Å². The maximum Gasteiger partial charge on any atom is 0.238 e. The Kier molecular flexibility index (Phi) is 3.43. The molecule has 2 saturated heterocycles. The van der Waals surface area contributed by atoms with Crippen molar-refractivity contribution >= 4 is 5.91 Å². The number of piperidine rings is 1. The van der Waals surface area contributed by atoms with E-state index in [2.05, 4.69) is 58.7 Å². The molecule has 2 fully saturated rings. The van der Waals surface area contributed by atoms with Crippen LogP contribution >= 0.6 is 0 Å². The first-order valence-corrected chi connectivity index (χ1v) is 8.04. The minimum Gasteiger partial charge on any atom is -0.335 e. The fourth-order valence-electron chi connectivity index (χ4n) is 3.62. The number of carbonyl (C=O) groups excluding carboxylic acids is 1. The normalized spacial score (nSPS) is 24.8. The minimum absolute atomic E-state index is 0.0441.